The maximum Gasteiger partial charge on any atom is 0.133 e. The second-order valence-electron chi connectivity index (χ2n) is 4.14. The highest BCUT2D eigenvalue weighted by atomic mass is 79.9. The van der Waals surface area contributed by atoms with E-state index in [9.17, 15) is 8.60 Å². The summed E-state index contributed by atoms with van der Waals surface area (Å²) in [5, 5.41) is 0. The van der Waals surface area contributed by atoms with Crippen LogP contribution in [0.5, 0.6) is 5.75 Å². The maximum atomic E-state index is 13.2. The highest BCUT2D eigenvalue weighted by Gasteiger charge is 2.11. The lowest BCUT2D eigenvalue weighted by molar-refractivity contribution is 0.412. The van der Waals surface area contributed by atoms with Gasteiger partial charge in [-0.15, -0.1) is 0 Å². The molecular weight excluding hydrogens is 345 g/mol. The fourth-order valence-corrected chi connectivity index (χ4v) is 3.54. The van der Waals surface area contributed by atoms with Crippen molar-refractivity contribution in [1.29, 1.82) is 0 Å². The van der Waals surface area contributed by atoms with Gasteiger partial charge in [0.1, 0.15) is 11.6 Å². The lowest BCUT2D eigenvalue weighted by Crippen LogP contribution is -2.02. The molecule has 2 aromatic rings. The minimum atomic E-state index is -1.40. The molecule has 0 aromatic heterocycles. The van der Waals surface area contributed by atoms with Crippen molar-refractivity contribution in [3.8, 4) is 5.75 Å². The van der Waals surface area contributed by atoms with E-state index in [1.54, 1.807) is 13.2 Å². The molecule has 0 heterocycles. The molecule has 0 bridgehead atoms. The highest BCUT2D eigenvalue weighted by molar-refractivity contribution is 9.10. The van der Waals surface area contributed by atoms with E-state index in [0.717, 1.165) is 10.0 Å². The summed E-state index contributed by atoms with van der Waals surface area (Å²) in [5.74, 6) is 0.513. The number of anilines is 1. The molecule has 0 saturated carbocycles. The molecule has 0 spiro atoms. The number of benzene rings is 2. The van der Waals surface area contributed by atoms with Crippen molar-refractivity contribution in [1.82, 2.24) is 0 Å². The molecule has 0 aliphatic heterocycles. The van der Waals surface area contributed by atoms with Crippen LogP contribution in [0.2, 0.25) is 0 Å². The Morgan fingerprint density at radius 3 is 2.70 bits per heavy atom. The summed E-state index contributed by atoms with van der Waals surface area (Å²) in [6.45, 7) is 0. The largest absolute Gasteiger partial charge is 0.496 e. The van der Waals surface area contributed by atoms with Crippen molar-refractivity contribution >= 4 is 32.4 Å². The number of methoxy groups -OCH3 is 1. The van der Waals surface area contributed by atoms with Crippen molar-refractivity contribution < 1.29 is 13.3 Å². The van der Waals surface area contributed by atoms with Gasteiger partial charge < -0.3 is 10.5 Å². The first-order valence-electron chi connectivity index (χ1n) is 5.77. The van der Waals surface area contributed by atoms with Crippen LogP contribution in [0.15, 0.2) is 45.8 Å². The summed E-state index contributed by atoms with van der Waals surface area (Å²) in [5.41, 5.74) is 6.91. The summed E-state index contributed by atoms with van der Waals surface area (Å²) >= 11 is 3.37. The van der Waals surface area contributed by atoms with Crippen LogP contribution in [-0.2, 0) is 16.6 Å². The average Bonchev–Trinajstić information content (AvgIpc) is 2.41. The Balaban J connectivity index is 2.23. The molecule has 6 heteroatoms. The van der Waals surface area contributed by atoms with Gasteiger partial charge in [0, 0.05) is 5.69 Å². The second-order valence-corrected chi connectivity index (χ2v) is 6.41. The van der Waals surface area contributed by atoms with Crippen LogP contribution < -0.4 is 10.5 Å². The lowest BCUT2D eigenvalue weighted by Gasteiger charge is -2.08. The molecule has 106 valence electrons. The van der Waals surface area contributed by atoms with Crippen molar-refractivity contribution in [2.75, 3.05) is 12.8 Å². The number of ether oxygens (including phenoxy) is 1. The molecule has 0 aliphatic carbocycles. The Labute approximate surface area is 127 Å². The predicted octanol–water partition coefficient (Wildman–Crippen LogP) is 3.49. The summed E-state index contributed by atoms with van der Waals surface area (Å²) < 4.78 is 31.4. The first kappa shape index (κ1) is 15.0. The van der Waals surface area contributed by atoms with E-state index in [1.165, 1.54) is 18.2 Å². The van der Waals surface area contributed by atoms with Crippen LogP contribution >= 0.6 is 15.9 Å². The van der Waals surface area contributed by atoms with Crippen molar-refractivity contribution in [2.24, 2.45) is 0 Å². The van der Waals surface area contributed by atoms with Crippen molar-refractivity contribution in [3.63, 3.8) is 0 Å². The second kappa shape index (κ2) is 6.37. The number of hydrogen-bond donors (Lipinski definition) is 1. The first-order chi connectivity index (χ1) is 9.51. The molecular formula is C14H13BrFNO2S. The number of halogens is 2. The Kier molecular flexibility index (Phi) is 4.77. The summed E-state index contributed by atoms with van der Waals surface area (Å²) in [6, 6.07) is 9.31. The minimum Gasteiger partial charge on any atom is -0.496 e. The van der Waals surface area contributed by atoms with E-state index in [4.69, 9.17) is 10.5 Å². The summed E-state index contributed by atoms with van der Waals surface area (Å²) in [6.07, 6.45) is 0. The molecule has 20 heavy (non-hydrogen) atoms. The topological polar surface area (TPSA) is 52.3 Å². The van der Waals surface area contributed by atoms with Gasteiger partial charge in [0.15, 0.2) is 0 Å². The maximum absolute atomic E-state index is 13.2. The molecule has 2 aromatic carbocycles. The monoisotopic (exact) mass is 357 g/mol. The fourth-order valence-electron chi connectivity index (χ4n) is 1.73. The Morgan fingerprint density at radius 2 is 2.05 bits per heavy atom. The van der Waals surface area contributed by atoms with Gasteiger partial charge in [-0.2, -0.15) is 0 Å². The van der Waals surface area contributed by atoms with Gasteiger partial charge in [-0.3, -0.25) is 4.21 Å². The summed E-state index contributed by atoms with van der Waals surface area (Å²) in [7, 11) is 0.175. The van der Waals surface area contributed by atoms with Crippen molar-refractivity contribution in [2.45, 2.75) is 10.6 Å². The number of rotatable bonds is 4. The molecule has 3 nitrogen and oxygen atoms in total. The molecule has 0 amide bonds. The van der Waals surface area contributed by atoms with E-state index in [2.05, 4.69) is 15.9 Å². The third kappa shape index (κ3) is 3.37. The molecule has 0 saturated heterocycles. The van der Waals surface area contributed by atoms with Crippen LogP contribution in [0.1, 0.15) is 5.56 Å². The van der Waals surface area contributed by atoms with Gasteiger partial charge in [-0.1, -0.05) is 6.07 Å². The molecule has 1 atom stereocenters. The Bertz CT molecular complexity index is 664. The van der Waals surface area contributed by atoms with Crippen LogP contribution in [-0.4, -0.2) is 11.3 Å². The molecule has 1 unspecified atom stereocenters. The van der Waals surface area contributed by atoms with E-state index in [0.29, 0.717) is 16.3 Å². The highest BCUT2D eigenvalue weighted by Crippen LogP contribution is 2.27. The van der Waals surface area contributed by atoms with Crippen LogP contribution in [0.3, 0.4) is 0 Å². The number of nitrogens with two attached hydrogens (primary N) is 1. The van der Waals surface area contributed by atoms with Gasteiger partial charge in [0.25, 0.3) is 0 Å². The third-order valence-electron chi connectivity index (χ3n) is 2.73. The van der Waals surface area contributed by atoms with E-state index in [-0.39, 0.29) is 5.75 Å². The van der Waals surface area contributed by atoms with Crippen LogP contribution in [0, 0.1) is 5.82 Å². The number of nitrogen functional groups attached to an aromatic ring is 1. The first-order valence-corrected chi connectivity index (χ1v) is 7.88. The van der Waals surface area contributed by atoms with Gasteiger partial charge in [-0.25, -0.2) is 4.39 Å². The third-order valence-corrected chi connectivity index (χ3v) is 4.79. The number of hydrogen-bond acceptors (Lipinski definition) is 3. The predicted molar refractivity (Wildman–Crippen MR) is 81.6 cm³/mol. The normalized spacial score (nSPS) is 12.2. The standard InChI is InChI=1S/C14H13BrFNO2S/c1-19-13-5-2-9(6-11(13)15)8-20(18)14-7-10(16)3-4-12(14)17/h2-7H,8,17H2,1H3. The molecule has 2 rings (SSSR count). The Morgan fingerprint density at radius 1 is 1.30 bits per heavy atom. The molecule has 0 radical (unpaired) electrons. The van der Waals surface area contributed by atoms with E-state index >= 15 is 0 Å². The summed E-state index contributed by atoms with van der Waals surface area (Å²) in [4.78, 5) is 0.317. The zero-order valence-electron chi connectivity index (χ0n) is 10.7. The SMILES string of the molecule is COc1ccc(CS(=O)c2cc(F)ccc2N)cc1Br. The van der Waals surface area contributed by atoms with Crippen LogP contribution in [0.25, 0.3) is 0 Å². The minimum absolute atomic E-state index is 0.260. The molecule has 2 N–H and O–H groups in total. The van der Waals surface area contributed by atoms with Crippen molar-refractivity contribution in [3.05, 3.63) is 52.3 Å². The van der Waals surface area contributed by atoms with E-state index < -0.39 is 16.6 Å². The molecule has 0 aliphatic rings. The van der Waals surface area contributed by atoms with Gasteiger partial charge in [0.05, 0.1) is 33.0 Å². The molecule has 0 fully saturated rings. The van der Waals surface area contributed by atoms with Gasteiger partial charge in [0.2, 0.25) is 0 Å². The average molecular weight is 358 g/mol. The smallest absolute Gasteiger partial charge is 0.133 e. The zero-order chi connectivity index (χ0) is 14.7. The Hall–Kier alpha value is -1.40. The van der Waals surface area contributed by atoms with Gasteiger partial charge in [-0.05, 0) is 51.8 Å². The fraction of sp³-hybridized carbons (Fsp3) is 0.143. The van der Waals surface area contributed by atoms with Crippen LogP contribution in [0.4, 0.5) is 10.1 Å². The zero-order valence-corrected chi connectivity index (χ0v) is 13.1. The van der Waals surface area contributed by atoms with E-state index in [1.807, 2.05) is 12.1 Å². The quantitative estimate of drug-likeness (QED) is 0.852. The lowest BCUT2D eigenvalue weighted by atomic mass is 10.2. The van der Waals surface area contributed by atoms with Gasteiger partial charge >= 0.3 is 0 Å².